The van der Waals surface area contributed by atoms with E-state index in [1.54, 1.807) is 122 Å². The number of carbonyl (C=O) groups excluding carboxylic acids is 2. The minimum atomic E-state index is -3.70. The Hall–Kier alpha value is -13.1. The van der Waals surface area contributed by atoms with Crippen molar-refractivity contribution < 1.29 is 56.4 Å². The van der Waals surface area contributed by atoms with Crippen LogP contribution in [0.2, 0.25) is 0 Å². The van der Waals surface area contributed by atoms with E-state index in [2.05, 4.69) is 95.1 Å². The fourth-order valence-electron chi connectivity index (χ4n) is 17.2. The molecule has 7 aliphatic rings. The molecule has 2 saturated heterocycles. The van der Waals surface area contributed by atoms with Crippen LogP contribution in [0.3, 0.4) is 0 Å². The molecule has 0 saturated carbocycles. The zero-order valence-corrected chi connectivity index (χ0v) is 75.8. The zero-order valence-electron chi connectivity index (χ0n) is 70.1. The lowest BCUT2D eigenvalue weighted by atomic mass is 9.99. The molecule has 0 radical (unpaired) electrons. The van der Waals surface area contributed by atoms with E-state index in [9.17, 15) is 51.7 Å². The van der Waals surface area contributed by atoms with Crippen LogP contribution in [0, 0.1) is 0 Å². The number of hydrogen-bond donors (Lipinski definition) is 9. The molecule has 30 nitrogen and oxygen atoms in total. The minimum absolute atomic E-state index is 0.177. The van der Waals surface area contributed by atoms with E-state index in [0.717, 1.165) is 132 Å². The number of pyridine rings is 5. The highest BCUT2D eigenvalue weighted by Gasteiger charge is 2.36. The molecule has 10 N–H and O–H groups in total. The summed E-state index contributed by atoms with van der Waals surface area (Å²) in [6.45, 7) is 10.4. The average Bonchev–Trinajstić information content (AvgIpc) is 0.752. The predicted molar refractivity (Wildman–Crippen MR) is 512 cm³/mol. The van der Waals surface area contributed by atoms with Crippen molar-refractivity contribution in [1.29, 1.82) is 0 Å². The number of nitrogens with zero attached hydrogens (tertiary/aromatic N) is 8. The van der Waals surface area contributed by atoms with Crippen LogP contribution in [0.4, 0.5) is 39.8 Å². The number of piperidine rings is 1. The maximum absolute atomic E-state index is 12.9. The van der Waals surface area contributed by atoms with Gasteiger partial charge >= 0.3 is 0 Å². The van der Waals surface area contributed by atoms with E-state index in [1.165, 1.54) is 31.5 Å². The van der Waals surface area contributed by atoms with Gasteiger partial charge in [-0.05, 0) is 131 Å². The highest BCUT2D eigenvalue weighted by molar-refractivity contribution is 9.10. The number of nitrogens with one attached hydrogen (secondary N) is 8. The molecule has 12 heterocycles. The van der Waals surface area contributed by atoms with Crippen molar-refractivity contribution in [3.05, 3.63) is 259 Å². The molecule has 5 aromatic heterocycles. The van der Waals surface area contributed by atoms with Crippen molar-refractivity contribution in [2.75, 3.05) is 127 Å². The van der Waals surface area contributed by atoms with Gasteiger partial charge in [0.2, 0.25) is 5.91 Å². The number of rotatable bonds is 13. The van der Waals surface area contributed by atoms with Crippen molar-refractivity contribution in [2.24, 2.45) is 5.73 Å². The molecule has 36 heteroatoms. The molecule has 22 rings (SSSR count). The molecule has 2 amide bonds. The number of halogens is 1. The third-order valence-electron chi connectivity index (χ3n) is 23.4. The number of morpholine rings is 1. The first kappa shape index (κ1) is 87.5. The molecule has 2 fully saturated rings. The molecule has 10 aromatic carbocycles. The Morgan fingerprint density at radius 3 is 1.15 bits per heavy atom. The van der Waals surface area contributed by atoms with Gasteiger partial charge in [-0.15, -0.1) is 0 Å². The lowest BCUT2D eigenvalue weighted by Crippen LogP contribution is -2.39. The summed E-state index contributed by atoms with van der Waals surface area (Å²) in [6.07, 6.45) is 11.7. The number of nitrogens with two attached hydrogens (primary N) is 1. The van der Waals surface area contributed by atoms with Gasteiger partial charge in [0.25, 0.3) is 56.0 Å². The lowest BCUT2D eigenvalue weighted by molar-refractivity contribution is 0.0398. The molecule has 0 unspecified atom stereocenters. The van der Waals surface area contributed by atoms with Crippen LogP contribution in [0.25, 0.3) is 110 Å². The molecular weight excluding hydrogens is 1820 g/mol. The molecule has 0 spiro atoms. The van der Waals surface area contributed by atoms with Crippen LogP contribution < -0.4 is 45.3 Å². The second kappa shape index (κ2) is 36.1. The first-order chi connectivity index (χ1) is 62.7. The Bertz CT molecular complexity index is 7720. The van der Waals surface area contributed by atoms with Crippen molar-refractivity contribution in [3.63, 3.8) is 0 Å². The van der Waals surface area contributed by atoms with E-state index < -0.39 is 56.0 Å². The number of carbonyl (C=O) groups is 2. The van der Waals surface area contributed by atoms with Gasteiger partial charge in [-0.1, -0.05) is 144 Å². The quantitative estimate of drug-likeness (QED) is 0.0517. The number of likely N-dealkylation sites (tertiary alicyclic amines) is 1. The van der Waals surface area contributed by atoms with Gasteiger partial charge in [0.05, 0.1) is 105 Å². The highest BCUT2D eigenvalue weighted by Crippen LogP contribution is 2.50. The topological polar surface area (TPSA) is 410 Å². The number of ether oxygens (including phenoxy) is 1. The van der Waals surface area contributed by atoms with Crippen molar-refractivity contribution in [3.8, 4) is 55.6 Å². The Balaban J connectivity index is 0.000000110. The normalized spacial score (nSPS) is 16.1. The van der Waals surface area contributed by atoms with E-state index in [-0.39, 0.29) is 15.7 Å². The summed E-state index contributed by atoms with van der Waals surface area (Å²) in [5.74, 6) is -0.764. The van der Waals surface area contributed by atoms with Crippen LogP contribution in [0.5, 0.6) is 0 Å². The number of aromatic nitrogens is 5. The van der Waals surface area contributed by atoms with Crippen molar-refractivity contribution in [1.82, 2.24) is 44.9 Å². The number of benzene rings is 10. The Morgan fingerprint density at radius 2 is 0.723 bits per heavy atom. The van der Waals surface area contributed by atoms with Gasteiger partial charge in [0.1, 0.15) is 0 Å². The van der Waals surface area contributed by atoms with Gasteiger partial charge < -0.3 is 36.2 Å². The number of amides is 2. The van der Waals surface area contributed by atoms with Crippen LogP contribution in [-0.4, -0.2) is 186 Å². The maximum atomic E-state index is 12.9. The van der Waals surface area contributed by atoms with E-state index in [1.807, 2.05) is 123 Å². The van der Waals surface area contributed by atoms with Crippen LogP contribution >= 0.6 is 15.9 Å². The largest absolute Gasteiger partial charge is 0.383 e. The lowest BCUT2D eigenvalue weighted by Gasteiger charge is -2.27. The van der Waals surface area contributed by atoms with Gasteiger partial charge in [-0.3, -0.25) is 63.0 Å². The molecule has 7 aliphatic heterocycles. The molecule has 0 bridgehead atoms. The van der Waals surface area contributed by atoms with Crippen molar-refractivity contribution >= 4 is 172 Å². The molecule has 662 valence electrons. The fourth-order valence-corrected chi connectivity index (χ4v) is 24.3. The standard InChI is InChI=1S/C23H24N4O3S.C21H22N4O3S.C19H20N4O2S.C16H11N3O3S.C15H9BrN2O2S/c28-23(25-12-15-27-13-4-1-5-14-27)19-10-11-24-21-18(19)9-8-17-16-6-2-3-7-20(16)31(29,30)26-22(17)21;26-29(27)19-6-2-1-4-15(19)17-14-18(22-8-9-25-10-12-28-13-11-25)16-5-3-7-23-20(16)21(17)24-29;1-23(2)11-10-20-16-12-15-13-6-3-4-8-17(13)26(24,25)22-19(15)18-14(16)7-5-9-21-18;17-16(20)12-7-8-18-14-11(12)6-5-10-9-3-1-2-4-13(9)23(21,22)19-15(10)14;16-12-8-11-9-4-1-2-6-13(9)21(19,20)18-15(11)14-10(12)5-3-7-17-14/h2-3,6-11,26H,1,4-5,12-15H2,(H,25,28);1-7,14,22,24H,8-13H2;3-9,12,20,22H,10-11H2,1-2H3;1-8,19H,(H2,17,20);1-8,18H. The summed E-state index contributed by atoms with van der Waals surface area (Å²) in [6, 6.07) is 62.5. The molecule has 0 atom stereocenters. The predicted octanol–water partition coefficient (Wildman–Crippen LogP) is 14.9. The number of fused-ring (bicyclic) bond motifs is 25. The smallest absolute Gasteiger partial charge is 0.262 e. The first-order valence-corrected chi connectivity index (χ1v) is 50.0. The Kier molecular flexibility index (Phi) is 24.3. The molecular formula is C94H86BrN17O13S5. The van der Waals surface area contributed by atoms with E-state index in [0.29, 0.717) is 127 Å². The van der Waals surface area contributed by atoms with E-state index in [4.69, 9.17) is 10.5 Å². The van der Waals surface area contributed by atoms with Crippen LogP contribution in [-0.2, 0) is 54.9 Å². The van der Waals surface area contributed by atoms with Crippen molar-refractivity contribution in [2.45, 2.75) is 43.7 Å². The Morgan fingerprint density at radius 1 is 0.377 bits per heavy atom. The summed E-state index contributed by atoms with van der Waals surface area (Å²) in [7, 11) is -14.1. The number of hydrogen-bond acceptors (Lipinski definition) is 23. The summed E-state index contributed by atoms with van der Waals surface area (Å²) in [4.78, 5) is 54.6. The van der Waals surface area contributed by atoms with Gasteiger partial charge in [-0.25, -0.2) is 42.1 Å². The SMILES string of the molecule is CN(C)CCNc1cc2c(c3ncccc13)NS(=O)(=O)c1ccccc1-2.NC(=O)c1ccnc2c3c(ccc12)-c1ccccc1S(=O)(=O)N3.O=C(NCCN1CCCCC1)c1ccnc2c3c(ccc12)-c1ccccc1S(=O)(=O)N3.O=S1(=O)Nc2c(cc(Br)c3cccnc23)-c2ccccc21.O=S1(=O)Nc2c(cc(NCCN3CCOCC3)c3cccnc23)-c2ccccc21. The second-order valence-electron chi connectivity index (χ2n) is 31.8. The maximum Gasteiger partial charge on any atom is 0.262 e. The zero-order chi connectivity index (χ0) is 90.4. The number of sulfonamides is 5. The van der Waals surface area contributed by atoms with Gasteiger partial charge in [0.15, 0.2) is 0 Å². The minimum Gasteiger partial charge on any atom is -0.383 e. The molecule has 130 heavy (non-hydrogen) atoms. The number of likely N-dealkylation sites (N-methyl/N-ethyl adjacent to an activating group) is 1. The third kappa shape index (κ3) is 17.2. The number of anilines is 7. The summed E-state index contributed by atoms with van der Waals surface area (Å²) in [5.41, 5.74) is 20.6. The molecule has 15 aromatic rings. The van der Waals surface area contributed by atoms with Gasteiger partial charge in [0, 0.05) is 182 Å². The van der Waals surface area contributed by atoms with Gasteiger partial charge in [-0.2, -0.15) is 0 Å². The third-order valence-corrected chi connectivity index (χ3v) is 31.1. The fraction of sp³-hybridized carbons (Fsp3) is 0.181. The van der Waals surface area contributed by atoms with Crippen LogP contribution in [0.1, 0.15) is 40.0 Å². The Labute approximate surface area is 758 Å². The van der Waals surface area contributed by atoms with E-state index >= 15 is 0 Å². The summed E-state index contributed by atoms with van der Waals surface area (Å²) >= 11 is 3.54. The summed E-state index contributed by atoms with van der Waals surface area (Å²) < 4.78 is 146. The molecule has 0 aliphatic carbocycles. The van der Waals surface area contributed by atoms with Crippen LogP contribution in [0.15, 0.2) is 272 Å². The second-order valence-corrected chi connectivity index (χ2v) is 40.9. The summed E-state index contributed by atoms with van der Waals surface area (Å²) in [5, 5.41) is 13.8. The average molecular weight is 1900 g/mol. The number of primary amides is 1. The highest BCUT2D eigenvalue weighted by atomic mass is 79.9. The monoisotopic (exact) mass is 1900 g/mol. The first-order valence-electron chi connectivity index (χ1n) is 41.8.